The van der Waals surface area contributed by atoms with Crippen molar-refractivity contribution in [3.63, 3.8) is 0 Å². The highest BCUT2D eigenvalue weighted by atomic mass is 35.5. The molecular formula is C44H101ClO13. The molecular weight excluding hydrogens is 772 g/mol. The number of ether oxygens (including phenoxy) is 8. The van der Waals surface area contributed by atoms with Crippen LogP contribution in [0, 0.1) is 23.7 Å². The molecule has 0 spiro atoms. The predicted octanol–water partition coefficient (Wildman–Crippen LogP) is 12.0. The van der Waals surface area contributed by atoms with Crippen LogP contribution in [0.3, 0.4) is 0 Å². The second-order valence-corrected chi connectivity index (χ2v) is 11.8. The fraction of sp³-hybridized carbons (Fsp3) is 0.886. The fourth-order valence-electron chi connectivity index (χ4n) is 2.64. The zero-order valence-electron chi connectivity index (χ0n) is 33.3. The Hall–Kier alpha value is -2.48. The fourth-order valence-corrected chi connectivity index (χ4v) is 2.71. The van der Waals surface area contributed by atoms with Crippen molar-refractivity contribution in [1.82, 2.24) is 0 Å². The molecule has 0 aliphatic carbocycles. The molecule has 0 amide bonds. The highest BCUT2D eigenvalue weighted by Gasteiger charge is 2.17. The van der Waals surface area contributed by atoms with Crippen LogP contribution < -0.4 is 0 Å². The van der Waals surface area contributed by atoms with Gasteiger partial charge in [0.05, 0.1) is 42.8 Å². The van der Waals surface area contributed by atoms with Crippen molar-refractivity contribution in [2.24, 2.45) is 23.7 Å². The average molecular weight is 874 g/mol. The van der Waals surface area contributed by atoms with Crippen LogP contribution in [0.5, 0.6) is 0 Å². The second-order valence-electron chi connectivity index (χ2n) is 11.5. The third kappa shape index (κ3) is 57.8. The number of hydrogen-bond acceptors (Lipinski definition) is 13. The number of carbonyl (C=O) groups excluding carboxylic acids is 5. The Balaban J connectivity index is -0.0000000470. The van der Waals surface area contributed by atoms with E-state index in [1.165, 1.54) is 6.92 Å². The van der Waals surface area contributed by atoms with Gasteiger partial charge in [-0.25, -0.2) is 0 Å². The minimum atomic E-state index is -0.614. The van der Waals surface area contributed by atoms with Gasteiger partial charge in [-0.2, -0.15) is 0 Å². The standard InChI is InChI=1S/C11H20O5.C9H18O3.C8H15ClO2.C8H16O3.8CH4/c1-5-8(2)11(13)16-10(4)15-7-6-14-9(3)12;1-5-7(3)9(10)12-8(4)11-6-2;1-4-6(2)8(10)11-7(3)5-9;1-4-7(2)8(9)11-6-5-10-3;;;;;;;;/h8,10H,5-7H2,1-4H3;7-8H,5-6H2,1-4H3;6-7H,4-5H2,1-3H3;7H,4-6H2,1-3H3;8*1H4. The molecule has 7 atom stereocenters. The van der Waals surface area contributed by atoms with Gasteiger partial charge in [-0.3, -0.25) is 24.0 Å². The van der Waals surface area contributed by atoms with Gasteiger partial charge in [-0.1, -0.05) is 115 Å². The third-order valence-corrected chi connectivity index (χ3v) is 7.27. The monoisotopic (exact) mass is 873 g/mol. The number of halogens is 1. The molecule has 0 N–H and O–H groups in total. The molecule has 0 heterocycles. The summed E-state index contributed by atoms with van der Waals surface area (Å²) in [6.45, 7) is 25.3. The van der Waals surface area contributed by atoms with Crippen LogP contribution in [-0.2, 0) is 61.9 Å². The Morgan fingerprint density at radius 1 is 0.466 bits per heavy atom. The molecule has 0 saturated heterocycles. The Morgan fingerprint density at radius 3 is 1.10 bits per heavy atom. The molecule has 58 heavy (non-hydrogen) atoms. The molecule has 0 aromatic carbocycles. The van der Waals surface area contributed by atoms with Crippen LogP contribution in [0.2, 0.25) is 0 Å². The van der Waals surface area contributed by atoms with Crippen molar-refractivity contribution in [1.29, 1.82) is 0 Å². The summed E-state index contributed by atoms with van der Waals surface area (Å²) in [6.07, 6.45) is 1.97. The molecule has 0 saturated carbocycles. The molecule has 0 aliphatic rings. The Morgan fingerprint density at radius 2 is 0.793 bits per heavy atom. The predicted molar refractivity (Wildman–Crippen MR) is 246 cm³/mol. The molecule has 0 aromatic rings. The second kappa shape index (κ2) is 58.8. The van der Waals surface area contributed by atoms with E-state index < -0.39 is 12.6 Å². The van der Waals surface area contributed by atoms with Crippen LogP contribution >= 0.6 is 11.6 Å². The van der Waals surface area contributed by atoms with E-state index in [0.29, 0.717) is 25.7 Å². The quantitative estimate of drug-likeness (QED) is 0.0353. The first-order valence-corrected chi connectivity index (χ1v) is 18.1. The lowest BCUT2D eigenvalue weighted by Crippen LogP contribution is -2.24. The molecule has 0 fully saturated rings. The van der Waals surface area contributed by atoms with Crippen molar-refractivity contribution in [2.75, 3.05) is 46.0 Å². The first-order chi connectivity index (χ1) is 23.4. The van der Waals surface area contributed by atoms with Crippen LogP contribution in [0.1, 0.15) is 175 Å². The SMILES string of the molecule is C.C.C.C.C.C.C.C.CCC(C)C(=O)OC(C)CCl.CCC(C)C(=O)OC(C)OCCOC(C)=O.CCC(C)C(=O)OCCOC.CCOC(C)OC(=O)C(C)CC. The highest BCUT2D eigenvalue weighted by Crippen LogP contribution is 2.08. The van der Waals surface area contributed by atoms with Crippen LogP contribution in [-0.4, -0.2) is 94.6 Å². The van der Waals surface area contributed by atoms with Gasteiger partial charge in [-0.05, 0) is 53.4 Å². The molecule has 13 nitrogen and oxygen atoms in total. The number of hydrogen-bond donors (Lipinski definition) is 0. The van der Waals surface area contributed by atoms with Crippen LogP contribution in [0.15, 0.2) is 0 Å². The van der Waals surface area contributed by atoms with Gasteiger partial charge in [0.25, 0.3) is 0 Å². The smallest absolute Gasteiger partial charge is 0.310 e. The van der Waals surface area contributed by atoms with Crippen LogP contribution in [0.25, 0.3) is 0 Å². The minimum Gasteiger partial charge on any atom is -0.463 e. The maximum atomic E-state index is 11.3. The van der Waals surface area contributed by atoms with E-state index in [2.05, 4.69) is 4.74 Å². The number of carbonyl (C=O) groups is 5. The lowest BCUT2D eigenvalue weighted by molar-refractivity contribution is -0.182. The first kappa shape index (κ1) is 87.1. The van der Waals surface area contributed by atoms with Crippen molar-refractivity contribution < 1.29 is 61.9 Å². The average Bonchev–Trinajstić information content (AvgIpc) is 3.09. The topological polar surface area (TPSA) is 159 Å². The van der Waals surface area contributed by atoms with Crippen LogP contribution in [0.4, 0.5) is 0 Å². The van der Waals surface area contributed by atoms with E-state index in [9.17, 15) is 24.0 Å². The van der Waals surface area contributed by atoms with Gasteiger partial charge in [0.15, 0.2) is 12.6 Å². The first-order valence-electron chi connectivity index (χ1n) is 17.6. The number of rotatable bonds is 21. The van der Waals surface area contributed by atoms with E-state index in [-0.39, 0.29) is 132 Å². The van der Waals surface area contributed by atoms with Gasteiger partial charge in [0.1, 0.15) is 19.3 Å². The Kier molecular flexibility index (Phi) is 88.4. The van der Waals surface area contributed by atoms with E-state index in [1.54, 1.807) is 34.8 Å². The summed E-state index contributed by atoms with van der Waals surface area (Å²) in [7, 11) is 1.58. The zero-order chi connectivity index (χ0) is 39.7. The van der Waals surface area contributed by atoms with Crippen molar-refractivity contribution in [3.8, 4) is 0 Å². The maximum absolute atomic E-state index is 11.3. The molecule has 14 heteroatoms. The van der Waals surface area contributed by atoms with Gasteiger partial charge < -0.3 is 37.9 Å². The van der Waals surface area contributed by atoms with E-state index >= 15 is 0 Å². The molecule has 0 radical (unpaired) electrons. The van der Waals surface area contributed by atoms with E-state index in [1.807, 2.05) is 55.4 Å². The Bertz CT molecular complexity index is 874. The van der Waals surface area contributed by atoms with E-state index in [0.717, 1.165) is 25.7 Å². The number of esters is 5. The minimum absolute atomic E-state index is 0. The molecule has 362 valence electrons. The van der Waals surface area contributed by atoms with Crippen molar-refractivity contribution in [2.45, 2.75) is 194 Å². The molecule has 0 aliphatic heterocycles. The van der Waals surface area contributed by atoms with Gasteiger partial charge in [-0.15, -0.1) is 11.6 Å². The molecule has 0 aromatic heterocycles. The number of methoxy groups -OCH3 is 1. The number of alkyl halides is 1. The normalized spacial score (nSPS) is 12.4. The summed E-state index contributed by atoms with van der Waals surface area (Å²) >= 11 is 5.47. The van der Waals surface area contributed by atoms with Crippen molar-refractivity contribution >= 4 is 41.4 Å². The highest BCUT2D eigenvalue weighted by molar-refractivity contribution is 6.18. The van der Waals surface area contributed by atoms with Gasteiger partial charge in [0.2, 0.25) is 0 Å². The summed E-state index contributed by atoms with van der Waals surface area (Å²) in [5.41, 5.74) is 0. The maximum Gasteiger partial charge on any atom is 0.310 e. The van der Waals surface area contributed by atoms with Gasteiger partial charge in [0, 0.05) is 20.6 Å². The van der Waals surface area contributed by atoms with Crippen molar-refractivity contribution in [3.05, 3.63) is 0 Å². The summed E-state index contributed by atoms with van der Waals surface area (Å²) in [5, 5.41) is 0. The largest absolute Gasteiger partial charge is 0.463 e. The lowest BCUT2D eigenvalue weighted by Gasteiger charge is -2.16. The summed E-state index contributed by atoms with van der Waals surface area (Å²) in [5.74, 6) is -0.902. The molecule has 0 bridgehead atoms. The summed E-state index contributed by atoms with van der Waals surface area (Å²) in [4.78, 5) is 55.0. The zero-order valence-corrected chi connectivity index (χ0v) is 34.1. The summed E-state index contributed by atoms with van der Waals surface area (Å²) in [6, 6.07) is 0. The van der Waals surface area contributed by atoms with Gasteiger partial charge >= 0.3 is 29.8 Å². The lowest BCUT2D eigenvalue weighted by atomic mass is 10.1. The Labute approximate surface area is 366 Å². The molecule has 7 unspecified atom stereocenters. The third-order valence-electron chi connectivity index (χ3n) is 6.83. The molecule has 0 rings (SSSR count). The summed E-state index contributed by atoms with van der Waals surface area (Å²) < 4.78 is 39.4. The van der Waals surface area contributed by atoms with E-state index in [4.69, 9.17) is 44.8 Å².